The molecule has 2 fully saturated rings. The SMILES string of the molecule is C=C1CC2COC(=O)C2(Cc2ccc(-c3nc(O)c(O)c(=O)[nH]3)cc2)C1. The highest BCUT2D eigenvalue weighted by Gasteiger charge is 2.55. The molecule has 1 saturated carbocycles. The first kappa shape index (κ1) is 16.4. The fourth-order valence-corrected chi connectivity index (χ4v) is 4.00. The van der Waals surface area contributed by atoms with Crippen molar-refractivity contribution in [2.75, 3.05) is 6.61 Å². The Balaban J connectivity index is 1.62. The van der Waals surface area contributed by atoms with Gasteiger partial charge in [-0.15, -0.1) is 0 Å². The molecule has 1 aromatic heterocycles. The number of carbonyl (C=O) groups is 1. The molecule has 2 unspecified atom stereocenters. The fourth-order valence-electron chi connectivity index (χ4n) is 4.00. The van der Waals surface area contributed by atoms with Gasteiger partial charge in [0.15, 0.2) is 0 Å². The summed E-state index contributed by atoms with van der Waals surface area (Å²) in [6.45, 7) is 4.49. The first-order chi connectivity index (χ1) is 12.4. The summed E-state index contributed by atoms with van der Waals surface area (Å²) in [5, 5.41) is 18.8. The van der Waals surface area contributed by atoms with Crippen molar-refractivity contribution in [2.24, 2.45) is 11.3 Å². The molecule has 7 nitrogen and oxygen atoms in total. The van der Waals surface area contributed by atoms with Gasteiger partial charge in [-0.3, -0.25) is 9.59 Å². The van der Waals surface area contributed by atoms with E-state index in [4.69, 9.17) is 4.74 Å². The zero-order chi connectivity index (χ0) is 18.5. The van der Waals surface area contributed by atoms with E-state index in [0.717, 1.165) is 17.6 Å². The van der Waals surface area contributed by atoms with E-state index >= 15 is 0 Å². The van der Waals surface area contributed by atoms with Crippen LogP contribution in [0.1, 0.15) is 18.4 Å². The second-order valence-electron chi connectivity index (χ2n) is 7.04. The summed E-state index contributed by atoms with van der Waals surface area (Å²) < 4.78 is 5.29. The van der Waals surface area contributed by atoms with E-state index in [9.17, 15) is 19.8 Å². The number of rotatable bonds is 3. The number of esters is 1. The molecule has 1 aliphatic carbocycles. The van der Waals surface area contributed by atoms with Gasteiger partial charge < -0.3 is 19.9 Å². The highest BCUT2D eigenvalue weighted by Crippen LogP contribution is 2.52. The maximum Gasteiger partial charge on any atom is 0.313 e. The lowest BCUT2D eigenvalue weighted by molar-refractivity contribution is -0.146. The Bertz CT molecular complexity index is 963. The van der Waals surface area contributed by atoms with E-state index in [1.165, 1.54) is 0 Å². The van der Waals surface area contributed by atoms with Gasteiger partial charge in [0.25, 0.3) is 11.4 Å². The van der Waals surface area contributed by atoms with Gasteiger partial charge in [0, 0.05) is 11.5 Å². The highest BCUT2D eigenvalue weighted by molar-refractivity contribution is 5.81. The monoisotopic (exact) mass is 354 g/mol. The van der Waals surface area contributed by atoms with Gasteiger partial charge >= 0.3 is 5.97 Å². The second kappa shape index (κ2) is 5.72. The van der Waals surface area contributed by atoms with Crippen LogP contribution in [0.25, 0.3) is 11.4 Å². The van der Waals surface area contributed by atoms with Crippen LogP contribution in [-0.4, -0.2) is 32.8 Å². The number of carbonyl (C=O) groups excluding carboxylic acids is 1. The van der Waals surface area contributed by atoms with Crippen molar-refractivity contribution in [3.05, 3.63) is 52.3 Å². The maximum absolute atomic E-state index is 12.4. The summed E-state index contributed by atoms with van der Waals surface area (Å²) in [6, 6.07) is 7.22. The number of aromatic nitrogens is 2. The minimum atomic E-state index is -0.809. The van der Waals surface area contributed by atoms with Crippen LogP contribution in [0.3, 0.4) is 0 Å². The Labute approximate surface area is 149 Å². The van der Waals surface area contributed by atoms with E-state index in [2.05, 4.69) is 16.5 Å². The number of aromatic amines is 1. The van der Waals surface area contributed by atoms with E-state index in [1.54, 1.807) is 12.1 Å². The molecule has 2 heterocycles. The number of aromatic hydroxyl groups is 2. The number of hydrogen-bond acceptors (Lipinski definition) is 6. The van der Waals surface area contributed by atoms with E-state index in [-0.39, 0.29) is 17.7 Å². The zero-order valence-electron chi connectivity index (χ0n) is 14.0. The largest absolute Gasteiger partial charge is 0.499 e. The number of allylic oxidation sites excluding steroid dienone is 1. The van der Waals surface area contributed by atoms with Crippen molar-refractivity contribution in [2.45, 2.75) is 19.3 Å². The molecule has 2 atom stereocenters. The van der Waals surface area contributed by atoms with Crippen LogP contribution >= 0.6 is 0 Å². The van der Waals surface area contributed by atoms with Crippen LogP contribution in [-0.2, 0) is 16.0 Å². The summed E-state index contributed by atoms with van der Waals surface area (Å²) in [4.78, 5) is 30.1. The minimum absolute atomic E-state index is 0.153. The Morgan fingerprint density at radius 2 is 2.00 bits per heavy atom. The van der Waals surface area contributed by atoms with Crippen LogP contribution < -0.4 is 5.56 Å². The molecule has 3 N–H and O–H groups in total. The normalized spacial score (nSPS) is 24.5. The molecule has 1 saturated heterocycles. The number of cyclic esters (lactones) is 1. The van der Waals surface area contributed by atoms with E-state index in [0.29, 0.717) is 25.0 Å². The van der Waals surface area contributed by atoms with Crippen molar-refractivity contribution in [1.29, 1.82) is 0 Å². The van der Waals surface area contributed by atoms with E-state index in [1.807, 2.05) is 12.1 Å². The summed E-state index contributed by atoms with van der Waals surface area (Å²) >= 11 is 0. The molecule has 26 heavy (non-hydrogen) atoms. The Kier molecular flexibility index (Phi) is 3.61. The molecule has 1 aromatic carbocycles. The lowest BCUT2D eigenvalue weighted by atomic mass is 9.75. The first-order valence-electron chi connectivity index (χ1n) is 8.34. The molecule has 0 spiro atoms. The highest BCUT2D eigenvalue weighted by atomic mass is 16.5. The number of hydrogen-bond donors (Lipinski definition) is 3. The number of nitrogens with zero attached hydrogens (tertiary/aromatic N) is 1. The van der Waals surface area contributed by atoms with Crippen LogP contribution in [0.5, 0.6) is 11.6 Å². The third kappa shape index (κ3) is 2.47. The van der Waals surface area contributed by atoms with Gasteiger partial charge in [-0.05, 0) is 24.8 Å². The average molecular weight is 354 g/mol. The number of H-pyrrole nitrogens is 1. The number of fused-ring (bicyclic) bond motifs is 1. The number of nitrogens with one attached hydrogen (secondary N) is 1. The molecular weight excluding hydrogens is 336 g/mol. The van der Waals surface area contributed by atoms with Crippen LogP contribution in [0, 0.1) is 11.3 Å². The molecule has 134 valence electrons. The molecule has 7 heteroatoms. The van der Waals surface area contributed by atoms with Gasteiger partial charge in [-0.1, -0.05) is 36.4 Å². The van der Waals surface area contributed by atoms with Crippen molar-refractivity contribution in [3.8, 4) is 23.0 Å². The van der Waals surface area contributed by atoms with E-state index < -0.39 is 22.6 Å². The Morgan fingerprint density at radius 1 is 1.27 bits per heavy atom. The van der Waals surface area contributed by atoms with Gasteiger partial charge in [0.2, 0.25) is 5.75 Å². The van der Waals surface area contributed by atoms with Gasteiger partial charge in [0.05, 0.1) is 12.0 Å². The molecule has 1 aliphatic heterocycles. The predicted molar refractivity (Wildman–Crippen MR) is 92.6 cm³/mol. The van der Waals surface area contributed by atoms with Crippen LogP contribution in [0.15, 0.2) is 41.2 Å². The molecule has 2 aliphatic rings. The van der Waals surface area contributed by atoms with Crippen molar-refractivity contribution >= 4 is 5.97 Å². The van der Waals surface area contributed by atoms with Crippen LogP contribution in [0.4, 0.5) is 0 Å². The number of ether oxygens (including phenoxy) is 1. The topological polar surface area (TPSA) is 113 Å². The zero-order valence-corrected chi connectivity index (χ0v) is 14.0. The molecule has 0 bridgehead atoms. The van der Waals surface area contributed by atoms with Crippen molar-refractivity contribution < 1.29 is 19.7 Å². The molecule has 2 aromatic rings. The predicted octanol–water partition coefficient (Wildman–Crippen LogP) is 1.90. The molecular formula is C19H18N2O5. The van der Waals surface area contributed by atoms with Crippen molar-refractivity contribution in [3.63, 3.8) is 0 Å². The standard InChI is InChI=1S/C19H18N2O5/c1-10-6-13-9-26-18(25)19(13,7-10)8-11-2-4-12(5-3-11)15-20-16(23)14(22)17(24)21-15/h2-5,13,22H,1,6-9H2,(H2,20,21,23,24). The minimum Gasteiger partial charge on any atom is -0.499 e. The summed E-state index contributed by atoms with van der Waals surface area (Å²) in [5.74, 6) is -1.35. The third-order valence-electron chi connectivity index (χ3n) is 5.33. The quantitative estimate of drug-likeness (QED) is 0.573. The van der Waals surface area contributed by atoms with Gasteiger partial charge in [0.1, 0.15) is 5.82 Å². The maximum atomic E-state index is 12.4. The van der Waals surface area contributed by atoms with Gasteiger partial charge in [-0.2, -0.15) is 4.98 Å². The fraction of sp³-hybridized carbons (Fsp3) is 0.316. The summed E-state index contributed by atoms with van der Waals surface area (Å²) in [6.07, 6.45) is 2.04. The average Bonchev–Trinajstić information content (AvgIpc) is 3.07. The van der Waals surface area contributed by atoms with Gasteiger partial charge in [-0.25, -0.2) is 0 Å². The molecule has 4 rings (SSSR count). The first-order valence-corrected chi connectivity index (χ1v) is 8.34. The Hall–Kier alpha value is -3.09. The lowest BCUT2D eigenvalue weighted by Gasteiger charge is -2.24. The second-order valence-corrected chi connectivity index (χ2v) is 7.04. The molecule has 0 radical (unpaired) electrons. The van der Waals surface area contributed by atoms with Crippen molar-refractivity contribution in [1.82, 2.24) is 9.97 Å². The lowest BCUT2D eigenvalue weighted by Crippen LogP contribution is -2.31. The van der Waals surface area contributed by atoms with Crippen LogP contribution in [0.2, 0.25) is 0 Å². The Morgan fingerprint density at radius 3 is 2.69 bits per heavy atom. The third-order valence-corrected chi connectivity index (χ3v) is 5.33. The summed E-state index contributed by atoms with van der Waals surface area (Å²) in [5.41, 5.74) is 1.31. The smallest absolute Gasteiger partial charge is 0.313 e. The molecule has 0 amide bonds. The summed E-state index contributed by atoms with van der Waals surface area (Å²) in [7, 11) is 0. The number of benzene rings is 1.